The number of nitrogens with one attached hydrogen (secondary N) is 1. The number of carbonyl (C=O) groups excluding carboxylic acids is 1. The summed E-state index contributed by atoms with van der Waals surface area (Å²) in [5.41, 5.74) is 1.63. The second-order valence-electron chi connectivity index (χ2n) is 5.79. The molecule has 25 heavy (non-hydrogen) atoms. The number of amides is 1. The van der Waals surface area contributed by atoms with Crippen LogP contribution >= 0.6 is 11.3 Å². The number of aromatic nitrogens is 1. The molecule has 0 saturated carbocycles. The summed E-state index contributed by atoms with van der Waals surface area (Å²) in [6, 6.07) is 6.24. The molecule has 0 atom stereocenters. The quantitative estimate of drug-likeness (QED) is 0.667. The summed E-state index contributed by atoms with van der Waals surface area (Å²) in [6.07, 6.45) is 2.86. The maximum absolute atomic E-state index is 12.9. The van der Waals surface area contributed by atoms with Gasteiger partial charge in [0.2, 0.25) is 0 Å². The first-order chi connectivity index (χ1) is 12.0. The molecule has 0 radical (unpaired) electrons. The summed E-state index contributed by atoms with van der Waals surface area (Å²) in [5.74, 6) is -1.22. The van der Waals surface area contributed by atoms with Crippen LogP contribution in [-0.2, 0) is 11.2 Å². The first-order valence-electron chi connectivity index (χ1n) is 8.16. The minimum absolute atomic E-state index is 0.154. The molecule has 5 nitrogen and oxygen atoms in total. The highest BCUT2D eigenvalue weighted by Gasteiger charge is 2.15. The van der Waals surface area contributed by atoms with E-state index < -0.39 is 5.97 Å². The summed E-state index contributed by atoms with van der Waals surface area (Å²) < 4.78 is 12.9. The van der Waals surface area contributed by atoms with Gasteiger partial charge in [-0.25, -0.2) is 9.37 Å². The number of aryl methyl sites for hydroxylation is 1. The lowest BCUT2D eigenvalue weighted by atomic mass is 10.1. The number of thiazole rings is 1. The van der Waals surface area contributed by atoms with Crippen LogP contribution in [0.15, 0.2) is 24.3 Å². The van der Waals surface area contributed by atoms with E-state index in [9.17, 15) is 14.0 Å². The first-order valence-corrected chi connectivity index (χ1v) is 8.98. The van der Waals surface area contributed by atoms with Gasteiger partial charge < -0.3 is 10.4 Å². The zero-order chi connectivity index (χ0) is 18.2. The second kappa shape index (κ2) is 9.27. The van der Waals surface area contributed by atoms with Crippen LogP contribution in [0, 0.1) is 12.7 Å². The largest absolute Gasteiger partial charge is 0.481 e. The normalized spacial score (nSPS) is 10.6. The Labute approximate surface area is 149 Å². The molecule has 0 spiro atoms. The van der Waals surface area contributed by atoms with E-state index in [0.29, 0.717) is 30.0 Å². The number of unbranched alkanes of at least 4 members (excludes halogenated alkanes) is 2. The predicted molar refractivity (Wildman–Crippen MR) is 94.5 cm³/mol. The van der Waals surface area contributed by atoms with Crippen LogP contribution in [0.2, 0.25) is 0 Å². The maximum Gasteiger partial charge on any atom is 0.303 e. The van der Waals surface area contributed by atoms with Crippen molar-refractivity contribution < 1.29 is 19.1 Å². The average molecular weight is 364 g/mol. The molecule has 0 fully saturated rings. The van der Waals surface area contributed by atoms with Crippen molar-refractivity contribution in [2.75, 3.05) is 6.54 Å². The highest BCUT2D eigenvalue weighted by molar-refractivity contribution is 7.13. The van der Waals surface area contributed by atoms with Crippen LogP contribution in [0.3, 0.4) is 0 Å². The van der Waals surface area contributed by atoms with Crippen molar-refractivity contribution in [1.82, 2.24) is 10.3 Å². The van der Waals surface area contributed by atoms with Gasteiger partial charge in [0.05, 0.1) is 10.7 Å². The SMILES string of the molecule is Cc1nc(Cc2ccc(F)cc2)sc1C(=O)NCCCCCC(=O)O. The fourth-order valence-corrected chi connectivity index (χ4v) is 3.39. The molecule has 1 amide bonds. The van der Waals surface area contributed by atoms with Crippen molar-refractivity contribution in [2.45, 2.75) is 39.0 Å². The number of carboxylic acid groups (broad SMARTS) is 1. The Balaban J connectivity index is 1.83. The third-order valence-electron chi connectivity index (χ3n) is 3.67. The second-order valence-corrected chi connectivity index (χ2v) is 6.87. The fourth-order valence-electron chi connectivity index (χ4n) is 2.38. The highest BCUT2D eigenvalue weighted by atomic mass is 32.1. The molecule has 0 aliphatic heterocycles. The van der Waals surface area contributed by atoms with E-state index in [0.717, 1.165) is 23.4 Å². The third-order valence-corrected chi connectivity index (χ3v) is 4.82. The topological polar surface area (TPSA) is 79.3 Å². The molecule has 2 rings (SSSR count). The zero-order valence-corrected chi connectivity index (χ0v) is 14.9. The van der Waals surface area contributed by atoms with Gasteiger partial charge in [0, 0.05) is 19.4 Å². The van der Waals surface area contributed by atoms with Gasteiger partial charge in [-0.2, -0.15) is 0 Å². The average Bonchev–Trinajstić information content (AvgIpc) is 2.93. The zero-order valence-electron chi connectivity index (χ0n) is 14.0. The molecule has 0 saturated heterocycles. The van der Waals surface area contributed by atoms with Gasteiger partial charge in [-0.15, -0.1) is 11.3 Å². The van der Waals surface area contributed by atoms with Crippen LogP contribution in [0.4, 0.5) is 4.39 Å². The number of carboxylic acids is 1. The van der Waals surface area contributed by atoms with Crippen LogP contribution in [0.5, 0.6) is 0 Å². The van der Waals surface area contributed by atoms with E-state index in [4.69, 9.17) is 5.11 Å². The van der Waals surface area contributed by atoms with Crippen molar-refractivity contribution in [3.8, 4) is 0 Å². The lowest BCUT2D eigenvalue weighted by Gasteiger charge is -2.03. The van der Waals surface area contributed by atoms with Crippen molar-refractivity contribution in [3.63, 3.8) is 0 Å². The summed E-state index contributed by atoms with van der Waals surface area (Å²) in [6.45, 7) is 2.32. The number of rotatable bonds is 9. The maximum atomic E-state index is 12.9. The van der Waals surface area contributed by atoms with Gasteiger partial charge in [-0.3, -0.25) is 9.59 Å². The van der Waals surface area contributed by atoms with Crippen LogP contribution < -0.4 is 5.32 Å². The molecule has 1 aromatic carbocycles. The number of nitrogens with zero attached hydrogens (tertiary/aromatic N) is 1. The number of halogens is 1. The lowest BCUT2D eigenvalue weighted by Crippen LogP contribution is -2.24. The van der Waals surface area contributed by atoms with Crippen molar-refractivity contribution >= 4 is 23.2 Å². The molecule has 0 bridgehead atoms. The van der Waals surface area contributed by atoms with E-state index in [1.54, 1.807) is 19.1 Å². The molecule has 0 unspecified atom stereocenters. The minimum Gasteiger partial charge on any atom is -0.481 e. The molecule has 2 N–H and O–H groups in total. The minimum atomic E-state index is -0.794. The van der Waals surface area contributed by atoms with E-state index >= 15 is 0 Å². The fraction of sp³-hybridized carbons (Fsp3) is 0.389. The third kappa shape index (κ3) is 6.26. The van der Waals surface area contributed by atoms with Crippen molar-refractivity contribution in [1.29, 1.82) is 0 Å². The molecule has 2 aromatic rings. The molecule has 0 aliphatic carbocycles. The Morgan fingerprint density at radius 3 is 2.60 bits per heavy atom. The molecular formula is C18H21FN2O3S. The monoisotopic (exact) mass is 364 g/mol. The molecule has 7 heteroatoms. The number of benzene rings is 1. The molecule has 134 valence electrons. The van der Waals surface area contributed by atoms with E-state index in [1.165, 1.54) is 23.5 Å². The van der Waals surface area contributed by atoms with Gasteiger partial charge in [-0.1, -0.05) is 18.6 Å². The Kier molecular flexibility index (Phi) is 7.06. The Morgan fingerprint density at radius 1 is 1.20 bits per heavy atom. The number of hydrogen-bond donors (Lipinski definition) is 2. The molecule has 0 aliphatic rings. The van der Waals surface area contributed by atoms with Crippen LogP contribution in [-0.4, -0.2) is 28.5 Å². The first kappa shape index (κ1) is 19.1. The van der Waals surface area contributed by atoms with Gasteiger partial charge in [0.15, 0.2) is 0 Å². The smallest absolute Gasteiger partial charge is 0.303 e. The predicted octanol–water partition coefficient (Wildman–Crippen LogP) is 3.56. The highest BCUT2D eigenvalue weighted by Crippen LogP contribution is 2.21. The number of aliphatic carboxylic acids is 1. The van der Waals surface area contributed by atoms with Gasteiger partial charge in [0.25, 0.3) is 5.91 Å². The van der Waals surface area contributed by atoms with Gasteiger partial charge in [0.1, 0.15) is 10.7 Å². The van der Waals surface area contributed by atoms with E-state index in [-0.39, 0.29) is 18.1 Å². The Bertz CT molecular complexity index is 728. The summed E-state index contributed by atoms with van der Waals surface area (Å²) >= 11 is 1.34. The van der Waals surface area contributed by atoms with E-state index in [2.05, 4.69) is 10.3 Å². The molecule has 1 aromatic heterocycles. The Hall–Kier alpha value is -2.28. The number of hydrogen-bond acceptors (Lipinski definition) is 4. The van der Waals surface area contributed by atoms with Crippen molar-refractivity contribution in [3.05, 3.63) is 51.2 Å². The Morgan fingerprint density at radius 2 is 1.92 bits per heavy atom. The number of carbonyl (C=O) groups is 2. The van der Waals surface area contributed by atoms with Gasteiger partial charge in [-0.05, 0) is 37.5 Å². The van der Waals surface area contributed by atoms with E-state index in [1.807, 2.05) is 0 Å². The van der Waals surface area contributed by atoms with Crippen molar-refractivity contribution in [2.24, 2.45) is 0 Å². The standard InChI is InChI=1S/C18H21FN2O3S/c1-12-17(18(24)20-10-4-2-3-5-16(22)23)25-15(21-12)11-13-6-8-14(19)9-7-13/h6-9H,2-5,10-11H2,1H3,(H,20,24)(H,22,23). The summed E-state index contributed by atoms with van der Waals surface area (Å²) in [4.78, 5) is 27.7. The van der Waals surface area contributed by atoms with Crippen LogP contribution in [0.1, 0.15) is 51.6 Å². The summed E-state index contributed by atoms with van der Waals surface area (Å²) in [7, 11) is 0. The van der Waals surface area contributed by atoms with Gasteiger partial charge >= 0.3 is 5.97 Å². The summed E-state index contributed by atoms with van der Waals surface area (Å²) in [5, 5.41) is 12.2. The molecule has 1 heterocycles. The van der Waals surface area contributed by atoms with Crippen LogP contribution in [0.25, 0.3) is 0 Å². The molecular weight excluding hydrogens is 343 g/mol. The lowest BCUT2D eigenvalue weighted by molar-refractivity contribution is -0.137.